The van der Waals surface area contributed by atoms with E-state index in [1.165, 1.54) is 29.2 Å². The van der Waals surface area contributed by atoms with Crippen molar-refractivity contribution in [2.24, 2.45) is 0 Å². The molecule has 0 radical (unpaired) electrons. The van der Waals surface area contributed by atoms with Crippen LogP contribution < -0.4 is 9.80 Å². The molecule has 0 unspecified atom stereocenters. The Bertz CT molecular complexity index is 1180. The van der Waals surface area contributed by atoms with Gasteiger partial charge in [-0.25, -0.2) is 9.18 Å². The number of anilines is 2. The smallest absolute Gasteiger partial charge is 0.414 e. The van der Waals surface area contributed by atoms with Crippen LogP contribution in [0.1, 0.15) is 22.5 Å². The van der Waals surface area contributed by atoms with Crippen molar-refractivity contribution in [3.8, 4) is 0 Å². The molecule has 2 aliphatic heterocycles. The van der Waals surface area contributed by atoms with Crippen LogP contribution >= 0.6 is 34.5 Å². The Kier molecular flexibility index (Phi) is 8.45. The molecule has 192 valence electrons. The summed E-state index contributed by atoms with van der Waals surface area (Å²) in [5.41, 5.74) is 0.313. The number of imide groups is 1. The molecule has 0 N–H and O–H groups in total. The van der Waals surface area contributed by atoms with E-state index in [1.54, 1.807) is 6.07 Å². The molecule has 4 rings (SSSR count). The first-order chi connectivity index (χ1) is 17.3. The molecular formula is C23H22Cl2FN3O6S. The maximum absolute atomic E-state index is 15.0. The number of cyclic esters (lactones) is 1. The van der Waals surface area contributed by atoms with E-state index in [1.807, 2.05) is 0 Å². The third kappa shape index (κ3) is 5.80. The molecule has 13 heteroatoms. The quantitative estimate of drug-likeness (QED) is 0.456. The number of nitrogens with zero attached hydrogens (tertiary/aromatic N) is 3. The minimum Gasteiger partial charge on any atom is -0.442 e. The van der Waals surface area contributed by atoms with Crippen molar-refractivity contribution in [3.63, 3.8) is 0 Å². The van der Waals surface area contributed by atoms with Crippen molar-refractivity contribution >= 4 is 69.7 Å². The van der Waals surface area contributed by atoms with Crippen molar-refractivity contribution in [3.05, 3.63) is 45.4 Å². The van der Waals surface area contributed by atoms with Crippen LogP contribution in [0.3, 0.4) is 0 Å². The number of rotatable bonds is 8. The van der Waals surface area contributed by atoms with E-state index in [4.69, 9.17) is 32.7 Å². The van der Waals surface area contributed by atoms with E-state index in [0.717, 1.165) is 21.1 Å². The molecule has 4 amide bonds. The van der Waals surface area contributed by atoms with Crippen LogP contribution in [0.15, 0.2) is 30.3 Å². The average molecular weight is 558 g/mol. The van der Waals surface area contributed by atoms with Crippen molar-refractivity contribution in [1.82, 2.24) is 4.90 Å². The van der Waals surface area contributed by atoms with Gasteiger partial charge in [-0.2, -0.15) is 0 Å². The van der Waals surface area contributed by atoms with Gasteiger partial charge in [0.15, 0.2) is 0 Å². The number of carbonyl (C=O) groups is 4. The zero-order valence-corrected chi connectivity index (χ0v) is 21.3. The monoisotopic (exact) mass is 557 g/mol. The van der Waals surface area contributed by atoms with Crippen LogP contribution in [-0.4, -0.2) is 73.5 Å². The highest BCUT2D eigenvalue weighted by Gasteiger charge is 2.37. The highest BCUT2D eigenvalue weighted by Crippen LogP contribution is 2.30. The number of ether oxygens (including phenoxy) is 2. The number of amides is 4. The lowest BCUT2D eigenvalue weighted by Crippen LogP contribution is -2.43. The number of hydrogen-bond donors (Lipinski definition) is 0. The SMILES string of the molecule is O=C(CCCCl)N(C[C@H]1CN(c2ccc(N3CCOCC3=O)cc2F)C(=O)O1)C(=O)c1ccc(Cl)s1. The zero-order valence-electron chi connectivity index (χ0n) is 19.0. The molecule has 0 saturated carbocycles. The van der Waals surface area contributed by atoms with E-state index < -0.39 is 29.8 Å². The molecule has 3 heterocycles. The van der Waals surface area contributed by atoms with E-state index >= 15 is 4.39 Å². The van der Waals surface area contributed by atoms with Gasteiger partial charge in [0.05, 0.1) is 34.6 Å². The van der Waals surface area contributed by atoms with Gasteiger partial charge in [-0.3, -0.25) is 24.2 Å². The number of hydrogen-bond acceptors (Lipinski definition) is 7. The minimum atomic E-state index is -0.878. The van der Waals surface area contributed by atoms with Crippen molar-refractivity contribution in [1.29, 1.82) is 0 Å². The first-order valence-electron chi connectivity index (χ1n) is 11.1. The van der Waals surface area contributed by atoms with E-state index in [2.05, 4.69) is 0 Å². The van der Waals surface area contributed by atoms with Gasteiger partial charge >= 0.3 is 6.09 Å². The van der Waals surface area contributed by atoms with Crippen molar-refractivity contribution in [2.45, 2.75) is 18.9 Å². The fourth-order valence-electron chi connectivity index (χ4n) is 3.90. The zero-order chi connectivity index (χ0) is 25.8. The number of alkyl halides is 1. The van der Waals surface area contributed by atoms with Gasteiger partial charge in [0.2, 0.25) is 5.91 Å². The van der Waals surface area contributed by atoms with Crippen LogP contribution in [0.25, 0.3) is 0 Å². The second kappa shape index (κ2) is 11.5. The Balaban J connectivity index is 1.49. The molecule has 1 atom stereocenters. The predicted molar refractivity (Wildman–Crippen MR) is 133 cm³/mol. The molecule has 9 nitrogen and oxygen atoms in total. The molecular weight excluding hydrogens is 536 g/mol. The van der Waals surface area contributed by atoms with Crippen LogP contribution in [0.4, 0.5) is 20.6 Å². The van der Waals surface area contributed by atoms with E-state index in [0.29, 0.717) is 29.6 Å². The van der Waals surface area contributed by atoms with Crippen LogP contribution in [0.5, 0.6) is 0 Å². The topological polar surface area (TPSA) is 96.5 Å². The molecule has 2 aliphatic rings. The van der Waals surface area contributed by atoms with Crippen LogP contribution in [-0.2, 0) is 19.1 Å². The molecule has 0 bridgehead atoms. The summed E-state index contributed by atoms with van der Waals surface area (Å²) in [7, 11) is 0. The van der Waals surface area contributed by atoms with Gasteiger partial charge in [-0.1, -0.05) is 11.6 Å². The second-order valence-electron chi connectivity index (χ2n) is 8.06. The Morgan fingerprint density at radius 2 is 2.00 bits per heavy atom. The summed E-state index contributed by atoms with van der Waals surface area (Å²) < 4.78 is 25.9. The largest absolute Gasteiger partial charge is 0.442 e. The maximum atomic E-state index is 15.0. The molecule has 36 heavy (non-hydrogen) atoms. The van der Waals surface area contributed by atoms with Crippen LogP contribution in [0.2, 0.25) is 4.34 Å². The second-order valence-corrected chi connectivity index (χ2v) is 10.1. The summed E-state index contributed by atoms with van der Waals surface area (Å²) in [5.74, 6) is -1.79. The molecule has 1 aromatic heterocycles. The summed E-state index contributed by atoms with van der Waals surface area (Å²) in [6, 6.07) is 7.16. The number of thiophene rings is 1. The summed E-state index contributed by atoms with van der Waals surface area (Å²) >= 11 is 12.7. The van der Waals surface area contributed by atoms with Gasteiger partial charge in [0.1, 0.15) is 18.5 Å². The van der Waals surface area contributed by atoms with E-state index in [9.17, 15) is 19.2 Å². The molecule has 1 aromatic carbocycles. The van der Waals surface area contributed by atoms with Gasteiger partial charge in [0, 0.05) is 24.5 Å². The fourth-order valence-corrected chi connectivity index (χ4v) is 5.03. The van der Waals surface area contributed by atoms with Gasteiger partial charge in [-0.15, -0.1) is 22.9 Å². The van der Waals surface area contributed by atoms with Gasteiger partial charge in [0.25, 0.3) is 11.8 Å². The lowest BCUT2D eigenvalue weighted by Gasteiger charge is -2.27. The third-order valence-electron chi connectivity index (χ3n) is 5.63. The lowest BCUT2D eigenvalue weighted by molar-refractivity contribution is -0.129. The molecule has 0 aliphatic carbocycles. The van der Waals surface area contributed by atoms with E-state index in [-0.39, 0.29) is 48.5 Å². The van der Waals surface area contributed by atoms with Gasteiger partial charge < -0.3 is 14.4 Å². The third-order valence-corrected chi connectivity index (χ3v) is 7.12. The highest BCUT2D eigenvalue weighted by molar-refractivity contribution is 7.18. The summed E-state index contributed by atoms with van der Waals surface area (Å²) in [6.45, 7) is 0.261. The Labute approximate surface area is 220 Å². The summed E-state index contributed by atoms with van der Waals surface area (Å²) in [4.78, 5) is 54.2. The molecule has 2 saturated heterocycles. The van der Waals surface area contributed by atoms with Gasteiger partial charge in [-0.05, 0) is 36.8 Å². The fraction of sp³-hybridized carbons (Fsp3) is 0.391. The lowest BCUT2D eigenvalue weighted by atomic mass is 10.2. The first kappa shape index (κ1) is 26.3. The first-order valence-corrected chi connectivity index (χ1v) is 12.8. The Morgan fingerprint density at radius 3 is 2.67 bits per heavy atom. The van der Waals surface area contributed by atoms with Crippen molar-refractivity contribution in [2.75, 3.05) is 48.5 Å². The molecule has 2 aromatic rings. The predicted octanol–water partition coefficient (Wildman–Crippen LogP) is 3.92. The number of benzene rings is 1. The van der Waals surface area contributed by atoms with Crippen LogP contribution in [0, 0.1) is 5.82 Å². The number of morpholine rings is 1. The minimum absolute atomic E-state index is 0.0368. The maximum Gasteiger partial charge on any atom is 0.414 e. The summed E-state index contributed by atoms with van der Waals surface area (Å²) in [6.07, 6.45) is -1.28. The number of halogens is 3. The Morgan fingerprint density at radius 1 is 1.19 bits per heavy atom. The van der Waals surface area contributed by atoms with Crippen molar-refractivity contribution < 1.29 is 33.0 Å². The Hall–Kier alpha value is -2.73. The standard InChI is InChI=1S/C23H22Cl2FN3O6S/c24-7-1-2-20(30)29(22(32)18-5-6-19(25)36-18)12-15-11-28(23(33)35-15)17-4-3-14(10-16(17)26)27-8-9-34-13-21(27)31/h3-6,10,15H,1-2,7-9,11-13H2/t15-/m1/s1. The average Bonchev–Trinajstić information content (AvgIpc) is 3.46. The number of carbonyl (C=O) groups excluding carboxylic acids is 4. The highest BCUT2D eigenvalue weighted by atomic mass is 35.5. The summed E-state index contributed by atoms with van der Waals surface area (Å²) in [5, 5.41) is 0. The normalized spacial score (nSPS) is 17.9. The molecule has 2 fully saturated rings. The molecule has 0 spiro atoms.